The highest BCUT2D eigenvalue weighted by Gasteiger charge is 2.13. The number of hydrogen-bond acceptors (Lipinski definition) is 7. The topological polar surface area (TPSA) is 40.5 Å². The molecule has 0 rings (SSSR count). The molecule has 0 aromatic rings. The van der Waals surface area contributed by atoms with E-state index in [4.69, 9.17) is 5.11 Å². The van der Waals surface area contributed by atoms with Gasteiger partial charge in [0, 0.05) is 39.3 Å². The van der Waals surface area contributed by atoms with E-state index in [0.29, 0.717) is 5.25 Å². The van der Waals surface area contributed by atoms with E-state index in [0.717, 1.165) is 34.5 Å². The molecular formula is C10H22O2S5. The Labute approximate surface area is 128 Å². The Balaban J connectivity index is 3.69. The van der Waals surface area contributed by atoms with E-state index in [2.05, 4.69) is 25.3 Å². The molecule has 104 valence electrons. The van der Waals surface area contributed by atoms with Gasteiger partial charge in [-0.25, -0.2) is 0 Å². The maximum Gasteiger partial charge on any atom is 0.0558 e. The van der Waals surface area contributed by atoms with Crippen LogP contribution in [0.3, 0.4) is 0 Å². The van der Waals surface area contributed by atoms with Gasteiger partial charge in [-0.2, -0.15) is 60.5 Å². The van der Waals surface area contributed by atoms with Crippen LogP contribution in [-0.2, 0) is 0 Å². The predicted molar refractivity (Wildman–Crippen MR) is 91.7 cm³/mol. The van der Waals surface area contributed by atoms with E-state index >= 15 is 0 Å². The Bertz CT molecular complexity index is 162. The van der Waals surface area contributed by atoms with Crippen LogP contribution in [0, 0.1) is 0 Å². The lowest BCUT2D eigenvalue weighted by Crippen LogP contribution is -2.18. The lowest BCUT2D eigenvalue weighted by atomic mass is 10.5. The molecular weight excluding hydrogens is 312 g/mol. The molecule has 7 heteroatoms. The van der Waals surface area contributed by atoms with E-state index in [1.54, 1.807) is 11.8 Å². The van der Waals surface area contributed by atoms with Gasteiger partial charge in [-0.15, -0.1) is 0 Å². The SMILES string of the molecule is OCCSCC(CO)SCC(CS)SCCS. The molecule has 0 amide bonds. The maximum absolute atomic E-state index is 9.25. The normalized spacial score (nSPS) is 14.8. The summed E-state index contributed by atoms with van der Waals surface area (Å²) in [5, 5.41) is 18.8. The number of thiol groups is 2. The van der Waals surface area contributed by atoms with Crippen LogP contribution in [0.2, 0.25) is 0 Å². The number of aliphatic hydroxyl groups excluding tert-OH is 2. The molecule has 2 atom stereocenters. The summed E-state index contributed by atoms with van der Waals surface area (Å²) >= 11 is 13.9. The third-order valence-electron chi connectivity index (χ3n) is 1.91. The van der Waals surface area contributed by atoms with Crippen molar-refractivity contribution in [1.29, 1.82) is 0 Å². The summed E-state index contributed by atoms with van der Waals surface area (Å²) in [7, 11) is 0. The van der Waals surface area contributed by atoms with Crippen molar-refractivity contribution in [2.24, 2.45) is 0 Å². The van der Waals surface area contributed by atoms with Crippen LogP contribution in [0.25, 0.3) is 0 Å². The fourth-order valence-electron chi connectivity index (χ4n) is 1.05. The fraction of sp³-hybridized carbons (Fsp3) is 1.00. The number of hydrogen-bond donors (Lipinski definition) is 4. The van der Waals surface area contributed by atoms with Crippen molar-refractivity contribution in [1.82, 2.24) is 0 Å². The summed E-state index contributed by atoms with van der Waals surface area (Å²) in [6.07, 6.45) is 0. The lowest BCUT2D eigenvalue weighted by molar-refractivity contribution is 0.301. The Hall–Kier alpha value is 1.67. The largest absolute Gasteiger partial charge is 0.396 e. The van der Waals surface area contributed by atoms with Gasteiger partial charge in [0.1, 0.15) is 0 Å². The Morgan fingerprint density at radius 3 is 2.24 bits per heavy atom. The first-order valence-electron chi connectivity index (χ1n) is 5.52. The molecule has 17 heavy (non-hydrogen) atoms. The first-order chi connectivity index (χ1) is 8.28. The lowest BCUT2D eigenvalue weighted by Gasteiger charge is -2.18. The molecule has 0 aliphatic carbocycles. The standard InChI is InChI=1S/C10H22O2S5/c11-1-3-15-7-9(5-12)17-8-10(6-14)16-4-2-13/h9-14H,1-8H2. The zero-order chi connectivity index (χ0) is 12.9. The second-order valence-electron chi connectivity index (χ2n) is 3.34. The molecule has 0 heterocycles. The van der Waals surface area contributed by atoms with Crippen molar-refractivity contribution in [2.75, 3.05) is 47.7 Å². The van der Waals surface area contributed by atoms with E-state index in [1.807, 2.05) is 23.5 Å². The minimum atomic E-state index is 0.208. The Morgan fingerprint density at radius 2 is 1.71 bits per heavy atom. The summed E-state index contributed by atoms with van der Waals surface area (Å²) in [6, 6.07) is 0. The van der Waals surface area contributed by atoms with Crippen LogP contribution < -0.4 is 0 Å². The number of aliphatic hydroxyl groups is 2. The van der Waals surface area contributed by atoms with Crippen molar-refractivity contribution in [3.05, 3.63) is 0 Å². The second kappa shape index (κ2) is 14.1. The third-order valence-corrected chi connectivity index (χ3v) is 7.28. The molecule has 0 saturated carbocycles. The third kappa shape index (κ3) is 11.2. The molecule has 2 unspecified atom stereocenters. The Morgan fingerprint density at radius 1 is 0.941 bits per heavy atom. The zero-order valence-electron chi connectivity index (χ0n) is 9.83. The highest BCUT2D eigenvalue weighted by Crippen LogP contribution is 2.23. The maximum atomic E-state index is 9.25. The molecule has 2 N–H and O–H groups in total. The number of rotatable bonds is 12. The van der Waals surface area contributed by atoms with Crippen molar-refractivity contribution >= 4 is 60.5 Å². The molecule has 0 aliphatic heterocycles. The summed E-state index contributed by atoms with van der Waals surface area (Å²) in [5.41, 5.74) is 0. The van der Waals surface area contributed by atoms with Gasteiger partial charge < -0.3 is 10.2 Å². The summed E-state index contributed by atoms with van der Waals surface area (Å²) in [5.74, 6) is 5.49. The van der Waals surface area contributed by atoms with Crippen molar-refractivity contribution in [2.45, 2.75) is 10.5 Å². The molecule has 0 aliphatic rings. The van der Waals surface area contributed by atoms with E-state index < -0.39 is 0 Å². The van der Waals surface area contributed by atoms with Crippen LogP contribution in [-0.4, -0.2) is 68.4 Å². The van der Waals surface area contributed by atoms with Gasteiger partial charge in [-0.3, -0.25) is 0 Å². The van der Waals surface area contributed by atoms with Gasteiger partial charge in [-0.05, 0) is 5.75 Å². The van der Waals surface area contributed by atoms with Crippen molar-refractivity contribution in [3.63, 3.8) is 0 Å². The quantitative estimate of drug-likeness (QED) is 0.323. The second-order valence-corrected chi connectivity index (χ2v) is 8.04. The zero-order valence-corrected chi connectivity index (χ0v) is 14.1. The summed E-state index contributed by atoms with van der Waals surface area (Å²) < 4.78 is 0. The highest BCUT2D eigenvalue weighted by atomic mass is 32.2. The minimum absolute atomic E-state index is 0.208. The van der Waals surface area contributed by atoms with Crippen molar-refractivity contribution in [3.8, 4) is 0 Å². The first kappa shape index (κ1) is 18.7. The predicted octanol–water partition coefficient (Wildman–Crippen LogP) is 1.77. The minimum Gasteiger partial charge on any atom is -0.396 e. The molecule has 0 saturated heterocycles. The van der Waals surface area contributed by atoms with Gasteiger partial charge in [0.15, 0.2) is 0 Å². The van der Waals surface area contributed by atoms with Crippen LogP contribution in [0.15, 0.2) is 0 Å². The average molecular weight is 335 g/mol. The average Bonchev–Trinajstić information content (AvgIpc) is 2.36. The van der Waals surface area contributed by atoms with Crippen LogP contribution in [0.4, 0.5) is 0 Å². The van der Waals surface area contributed by atoms with Crippen LogP contribution >= 0.6 is 60.5 Å². The molecule has 0 aromatic heterocycles. The molecule has 0 radical (unpaired) electrons. The molecule has 2 nitrogen and oxygen atoms in total. The van der Waals surface area contributed by atoms with Gasteiger partial charge >= 0.3 is 0 Å². The van der Waals surface area contributed by atoms with Gasteiger partial charge in [0.25, 0.3) is 0 Å². The number of thioether (sulfide) groups is 3. The molecule has 0 bridgehead atoms. The summed E-state index contributed by atoms with van der Waals surface area (Å²) in [4.78, 5) is 0. The first-order valence-corrected chi connectivity index (χ1v) is 10.0. The van der Waals surface area contributed by atoms with E-state index in [1.165, 1.54) is 0 Å². The van der Waals surface area contributed by atoms with Crippen molar-refractivity contribution < 1.29 is 10.2 Å². The monoisotopic (exact) mass is 334 g/mol. The smallest absolute Gasteiger partial charge is 0.0558 e. The molecule has 0 spiro atoms. The highest BCUT2D eigenvalue weighted by molar-refractivity contribution is 8.05. The summed E-state index contributed by atoms with van der Waals surface area (Å²) in [6.45, 7) is 0.421. The van der Waals surface area contributed by atoms with E-state index in [9.17, 15) is 5.11 Å². The van der Waals surface area contributed by atoms with Crippen LogP contribution in [0.5, 0.6) is 0 Å². The Kier molecular flexibility index (Phi) is 15.5. The van der Waals surface area contributed by atoms with E-state index in [-0.39, 0.29) is 18.5 Å². The molecule has 0 aromatic carbocycles. The van der Waals surface area contributed by atoms with Gasteiger partial charge in [0.05, 0.1) is 13.2 Å². The fourth-order valence-corrected chi connectivity index (χ4v) is 5.20. The molecule has 0 fully saturated rings. The van der Waals surface area contributed by atoms with Gasteiger partial charge in [0.2, 0.25) is 0 Å². The van der Waals surface area contributed by atoms with Gasteiger partial charge in [-0.1, -0.05) is 0 Å². The van der Waals surface area contributed by atoms with Crippen LogP contribution in [0.1, 0.15) is 0 Å².